The van der Waals surface area contributed by atoms with Gasteiger partial charge in [0.05, 0.1) is 18.9 Å². The average Bonchev–Trinajstić information content (AvgIpc) is 3.04. The number of anilines is 1. The highest BCUT2D eigenvalue weighted by molar-refractivity contribution is 6.10. The van der Waals surface area contributed by atoms with E-state index >= 15 is 0 Å². The second-order valence-electron chi connectivity index (χ2n) is 6.80. The van der Waals surface area contributed by atoms with Crippen LogP contribution in [0.15, 0.2) is 29.3 Å². The number of likely N-dealkylation sites (tertiary alicyclic amines) is 1. The van der Waals surface area contributed by atoms with Gasteiger partial charge in [-0.1, -0.05) is 19.1 Å². The lowest BCUT2D eigenvalue weighted by Gasteiger charge is -2.39. The Morgan fingerprint density at radius 2 is 1.88 bits per heavy atom. The number of hydrogen-bond donors (Lipinski definition) is 0. The summed E-state index contributed by atoms with van der Waals surface area (Å²) in [6, 6.07) is 8.10. The fraction of sp³-hybridized carbons (Fsp3) is 0.579. The maximum Gasteiger partial charge on any atom is 0.248 e. The number of amidine groups is 1. The van der Waals surface area contributed by atoms with Crippen molar-refractivity contribution in [1.29, 1.82) is 0 Å². The monoisotopic (exact) mass is 343 g/mol. The van der Waals surface area contributed by atoms with E-state index in [4.69, 9.17) is 9.47 Å². The minimum atomic E-state index is -0.397. The number of rotatable bonds is 2. The smallest absolute Gasteiger partial charge is 0.248 e. The quantitative estimate of drug-likeness (QED) is 0.824. The largest absolute Gasteiger partial charge is 0.356 e. The van der Waals surface area contributed by atoms with Crippen molar-refractivity contribution in [2.45, 2.75) is 32.0 Å². The maximum atomic E-state index is 12.6. The molecule has 134 valence electrons. The van der Waals surface area contributed by atoms with Gasteiger partial charge in [0.1, 0.15) is 12.4 Å². The average molecular weight is 343 g/mol. The fourth-order valence-electron chi connectivity index (χ4n) is 3.93. The van der Waals surface area contributed by atoms with Crippen LogP contribution in [0.2, 0.25) is 0 Å². The molecule has 4 rings (SSSR count). The second-order valence-corrected chi connectivity index (χ2v) is 6.80. The Kier molecular flexibility index (Phi) is 4.48. The minimum Gasteiger partial charge on any atom is -0.356 e. The first-order valence-corrected chi connectivity index (χ1v) is 9.19. The molecule has 0 unspecified atom stereocenters. The van der Waals surface area contributed by atoms with Crippen molar-refractivity contribution in [3.8, 4) is 0 Å². The number of benzene rings is 1. The molecule has 0 atom stereocenters. The molecule has 0 N–H and O–H groups in total. The number of benzodiazepines with no additional fused rings is 1. The third-order valence-electron chi connectivity index (χ3n) is 5.19. The molecule has 3 heterocycles. The van der Waals surface area contributed by atoms with Crippen LogP contribution in [0.1, 0.15) is 31.7 Å². The fourth-order valence-corrected chi connectivity index (χ4v) is 3.93. The minimum absolute atomic E-state index is 0.0697. The molecule has 2 fully saturated rings. The molecule has 2 saturated heterocycles. The number of aliphatic imine (C=N–C) groups is 1. The first-order chi connectivity index (χ1) is 12.2. The van der Waals surface area contributed by atoms with Gasteiger partial charge in [-0.05, 0) is 18.6 Å². The van der Waals surface area contributed by atoms with Gasteiger partial charge >= 0.3 is 0 Å². The van der Waals surface area contributed by atoms with Crippen LogP contribution in [0, 0.1) is 0 Å². The van der Waals surface area contributed by atoms with E-state index in [9.17, 15) is 4.79 Å². The molecular formula is C19H25N3O3. The van der Waals surface area contributed by atoms with E-state index in [1.54, 1.807) is 0 Å². The summed E-state index contributed by atoms with van der Waals surface area (Å²) >= 11 is 0. The highest BCUT2D eigenvalue weighted by atomic mass is 16.7. The zero-order valence-electron chi connectivity index (χ0n) is 14.7. The van der Waals surface area contributed by atoms with Gasteiger partial charge in [0.15, 0.2) is 5.79 Å². The third kappa shape index (κ3) is 3.04. The number of nitrogens with zero attached hydrogens (tertiary/aromatic N) is 3. The topological polar surface area (TPSA) is 54.4 Å². The lowest BCUT2D eigenvalue weighted by Crippen LogP contribution is -2.47. The van der Waals surface area contributed by atoms with Crippen LogP contribution in [-0.4, -0.2) is 61.8 Å². The molecule has 3 aliphatic rings. The van der Waals surface area contributed by atoms with Crippen molar-refractivity contribution in [2.75, 3.05) is 44.3 Å². The van der Waals surface area contributed by atoms with Crippen molar-refractivity contribution in [3.63, 3.8) is 0 Å². The molecule has 0 radical (unpaired) electrons. The molecule has 0 aliphatic carbocycles. The second kappa shape index (κ2) is 6.77. The van der Waals surface area contributed by atoms with E-state index in [0.717, 1.165) is 56.0 Å². The molecule has 0 aromatic heterocycles. The first kappa shape index (κ1) is 16.5. The highest BCUT2D eigenvalue weighted by Gasteiger charge is 2.41. The number of piperidine rings is 1. The van der Waals surface area contributed by atoms with E-state index in [0.29, 0.717) is 13.2 Å². The molecule has 0 saturated carbocycles. The Hall–Kier alpha value is -1.92. The van der Waals surface area contributed by atoms with Crippen LogP contribution < -0.4 is 4.90 Å². The van der Waals surface area contributed by atoms with Crippen LogP contribution in [0.3, 0.4) is 0 Å². The van der Waals surface area contributed by atoms with Gasteiger partial charge in [-0.15, -0.1) is 0 Å². The molecule has 6 heteroatoms. The van der Waals surface area contributed by atoms with Crippen molar-refractivity contribution in [3.05, 3.63) is 29.8 Å². The number of carbonyl (C=O) groups is 1. The van der Waals surface area contributed by atoms with Gasteiger partial charge < -0.3 is 19.3 Å². The van der Waals surface area contributed by atoms with E-state index in [2.05, 4.69) is 22.9 Å². The van der Waals surface area contributed by atoms with E-state index in [1.165, 1.54) is 0 Å². The molecule has 1 amide bonds. The summed E-state index contributed by atoms with van der Waals surface area (Å²) in [6.45, 7) is 6.05. The van der Waals surface area contributed by atoms with Crippen LogP contribution in [0.5, 0.6) is 0 Å². The summed E-state index contributed by atoms with van der Waals surface area (Å²) in [5, 5.41) is 0. The Labute approximate surface area is 148 Å². The number of carbonyl (C=O) groups excluding carboxylic acids is 1. The Bertz CT molecular complexity index is 672. The Morgan fingerprint density at radius 1 is 1.16 bits per heavy atom. The van der Waals surface area contributed by atoms with Gasteiger partial charge in [-0.3, -0.25) is 9.79 Å². The van der Waals surface area contributed by atoms with Gasteiger partial charge in [0.2, 0.25) is 5.91 Å². The van der Waals surface area contributed by atoms with Gasteiger partial charge in [0, 0.05) is 38.0 Å². The van der Waals surface area contributed by atoms with E-state index < -0.39 is 5.79 Å². The van der Waals surface area contributed by atoms with Crippen LogP contribution >= 0.6 is 0 Å². The summed E-state index contributed by atoms with van der Waals surface area (Å²) < 4.78 is 11.7. The van der Waals surface area contributed by atoms with Crippen molar-refractivity contribution < 1.29 is 14.3 Å². The molecule has 6 nitrogen and oxygen atoms in total. The van der Waals surface area contributed by atoms with Crippen LogP contribution in [-0.2, 0) is 14.3 Å². The molecular weight excluding hydrogens is 318 g/mol. The molecule has 1 aromatic rings. The van der Waals surface area contributed by atoms with Crippen molar-refractivity contribution in [1.82, 2.24) is 4.90 Å². The molecule has 1 spiro atoms. The summed E-state index contributed by atoms with van der Waals surface area (Å²) in [4.78, 5) is 21.4. The highest BCUT2D eigenvalue weighted by Crippen LogP contribution is 2.33. The lowest BCUT2D eigenvalue weighted by atomic mass is 10.0. The molecule has 0 bridgehead atoms. The summed E-state index contributed by atoms with van der Waals surface area (Å²) in [6.07, 6.45) is 2.60. The molecule has 1 aromatic carbocycles. The van der Waals surface area contributed by atoms with E-state index in [1.807, 2.05) is 23.1 Å². The molecule has 25 heavy (non-hydrogen) atoms. The summed E-state index contributed by atoms with van der Waals surface area (Å²) in [7, 11) is 0. The normalized spacial score (nSPS) is 22.8. The van der Waals surface area contributed by atoms with E-state index in [-0.39, 0.29) is 12.5 Å². The summed E-state index contributed by atoms with van der Waals surface area (Å²) in [5.41, 5.74) is 2.02. The zero-order chi connectivity index (χ0) is 17.3. The Balaban J connectivity index is 1.61. The third-order valence-corrected chi connectivity index (χ3v) is 5.19. The number of ether oxygens (including phenoxy) is 2. The first-order valence-electron chi connectivity index (χ1n) is 9.19. The Morgan fingerprint density at radius 3 is 2.60 bits per heavy atom. The lowest BCUT2D eigenvalue weighted by molar-refractivity contribution is -0.180. The van der Waals surface area contributed by atoms with Crippen LogP contribution in [0.4, 0.5) is 5.69 Å². The van der Waals surface area contributed by atoms with Crippen molar-refractivity contribution in [2.24, 2.45) is 4.99 Å². The van der Waals surface area contributed by atoms with Gasteiger partial charge in [-0.2, -0.15) is 0 Å². The number of amides is 1. The molecule has 3 aliphatic heterocycles. The summed E-state index contributed by atoms with van der Waals surface area (Å²) in [5.74, 6) is 0.599. The zero-order valence-corrected chi connectivity index (χ0v) is 14.7. The number of para-hydroxylation sites is 1. The van der Waals surface area contributed by atoms with Crippen molar-refractivity contribution >= 4 is 17.4 Å². The van der Waals surface area contributed by atoms with Crippen LogP contribution in [0.25, 0.3) is 0 Å². The number of fused-ring (bicyclic) bond motifs is 1. The van der Waals surface area contributed by atoms with Gasteiger partial charge in [-0.25, -0.2) is 0 Å². The van der Waals surface area contributed by atoms with Gasteiger partial charge in [0.25, 0.3) is 0 Å². The predicted octanol–water partition coefficient (Wildman–Crippen LogP) is 2.03. The maximum absolute atomic E-state index is 12.6. The standard InChI is InChI=1S/C19H25N3O3/c1-2-9-22-16-6-4-3-5-15(16)18(20-14-17(22)23)21-10-7-19(8-11-21)24-12-13-25-19/h3-6H,2,7-14H2,1H3. The SMILES string of the molecule is CCCN1C(=O)CN=C(N2CCC3(CC2)OCCO3)c2ccccc21. The predicted molar refractivity (Wildman–Crippen MR) is 95.9 cm³/mol. The number of hydrogen-bond acceptors (Lipinski definition) is 5.